The highest BCUT2D eigenvalue weighted by Crippen LogP contribution is 2.22. The fourth-order valence-corrected chi connectivity index (χ4v) is 2.88. The van der Waals surface area contributed by atoms with E-state index in [1.165, 1.54) is 0 Å². The van der Waals surface area contributed by atoms with Gasteiger partial charge >= 0.3 is 5.97 Å². The van der Waals surface area contributed by atoms with Gasteiger partial charge in [0.05, 0.1) is 23.9 Å². The molecule has 0 spiro atoms. The molecule has 2 heterocycles. The minimum Gasteiger partial charge on any atom is -0.497 e. The number of H-pyrrole nitrogens is 1. The van der Waals surface area contributed by atoms with Crippen molar-refractivity contribution in [3.05, 3.63) is 58.5 Å². The number of pyridine rings is 1. The zero-order valence-corrected chi connectivity index (χ0v) is 15.2. The summed E-state index contributed by atoms with van der Waals surface area (Å²) in [4.78, 5) is 32.2. The summed E-state index contributed by atoms with van der Waals surface area (Å²) in [6.45, 7) is 5.11. The molecule has 0 bridgehead atoms. The third kappa shape index (κ3) is 3.44. The number of hydrogen-bond donors (Lipinski definition) is 1. The molecule has 0 saturated heterocycles. The van der Waals surface area contributed by atoms with Crippen LogP contribution in [0.3, 0.4) is 0 Å². The fraction of sp³-hybridized carbons (Fsp3) is 0.250. The Hall–Kier alpha value is -3.15. The average molecular weight is 352 g/mol. The predicted octanol–water partition coefficient (Wildman–Crippen LogP) is 3.54. The second-order valence-corrected chi connectivity index (χ2v) is 6.17. The van der Waals surface area contributed by atoms with Crippen molar-refractivity contribution in [2.75, 3.05) is 13.7 Å². The SMILES string of the molecule is COc1ccc2cc(C(=O)OCC(=O)c3cc(C)[nH]c3C)c(C)nc2c1. The smallest absolute Gasteiger partial charge is 0.340 e. The molecule has 0 aliphatic heterocycles. The van der Waals surface area contributed by atoms with E-state index < -0.39 is 5.97 Å². The minimum absolute atomic E-state index is 0.240. The molecule has 0 unspecified atom stereocenters. The van der Waals surface area contributed by atoms with E-state index in [0.29, 0.717) is 22.6 Å². The summed E-state index contributed by atoms with van der Waals surface area (Å²) >= 11 is 0. The molecule has 0 aliphatic carbocycles. The Morgan fingerprint density at radius 1 is 1.08 bits per heavy atom. The van der Waals surface area contributed by atoms with Crippen LogP contribution in [0.15, 0.2) is 30.3 Å². The van der Waals surface area contributed by atoms with Gasteiger partial charge in [0.25, 0.3) is 0 Å². The van der Waals surface area contributed by atoms with Crippen LogP contribution in [0.4, 0.5) is 0 Å². The Bertz CT molecular complexity index is 1000. The summed E-state index contributed by atoms with van der Waals surface area (Å²) in [5.74, 6) is -0.107. The molecule has 0 amide bonds. The summed E-state index contributed by atoms with van der Waals surface area (Å²) in [5, 5.41) is 0.798. The first-order valence-electron chi connectivity index (χ1n) is 8.21. The molecule has 6 nitrogen and oxygen atoms in total. The Morgan fingerprint density at radius 3 is 2.50 bits per heavy atom. The van der Waals surface area contributed by atoms with Crippen LogP contribution in [0, 0.1) is 20.8 Å². The van der Waals surface area contributed by atoms with Crippen LogP contribution < -0.4 is 4.74 Å². The van der Waals surface area contributed by atoms with Gasteiger partial charge in [0, 0.05) is 28.4 Å². The Kier molecular flexibility index (Phi) is 4.75. The number of aromatic amines is 1. The van der Waals surface area contributed by atoms with Crippen LogP contribution in [0.25, 0.3) is 10.9 Å². The van der Waals surface area contributed by atoms with Gasteiger partial charge in [-0.25, -0.2) is 4.79 Å². The third-order valence-corrected chi connectivity index (χ3v) is 4.22. The molecule has 0 fully saturated rings. The first-order valence-corrected chi connectivity index (χ1v) is 8.21. The highest BCUT2D eigenvalue weighted by atomic mass is 16.5. The summed E-state index contributed by atoms with van der Waals surface area (Å²) in [6, 6.07) is 8.90. The molecule has 0 saturated carbocycles. The molecule has 1 aromatic carbocycles. The van der Waals surface area contributed by atoms with Gasteiger partial charge in [-0.2, -0.15) is 0 Å². The molecule has 6 heteroatoms. The first-order chi connectivity index (χ1) is 12.4. The zero-order valence-electron chi connectivity index (χ0n) is 15.2. The van der Waals surface area contributed by atoms with Crippen molar-refractivity contribution < 1.29 is 19.1 Å². The summed E-state index contributed by atoms with van der Waals surface area (Å²) in [5.41, 5.74) is 3.81. The molecular weight excluding hydrogens is 332 g/mol. The van der Waals surface area contributed by atoms with Crippen LogP contribution in [0.1, 0.15) is 37.8 Å². The Morgan fingerprint density at radius 2 is 1.85 bits per heavy atom. The largest absolute Gasteiger partial charge is 0.497 e. The highest BCUT2D eigenvalue weighted by molar-refractivity contribution is 6.01. The molecule has 0 aliphatic rings. The van der Waals surface area contributed by atoms with E-state index in [1.807, 2.05) is 19.9 Å². The van der Waals surface area contributed by atoms with Crippen molar-refractivity contribution >= 4 is 22.7 Å². The van der Waals surface area contributed by atoms with Crippen molar-refractivity contribution in [1.82, 2.24) is 9.97 Å². The Balaban J connectivity index is 1.78. The molecule has 3 rings (SSSR count). The maximum atomic E-state index is 12.4. The molecular formula is C20H20N2O4. The minimum atomic E-state index is -0.564. The number of nitrogens with zero attached hydrogens (tertiary/aromatic N) is 1. The lowest BCUT2D eigenvalue weighted by Gasteiger charge is -2.09. The lowest BCUT2D eigenvalue weighted by atomic mass is 10.1. The number of carbonyl (C=O) groups excluding carboxylic acids is 2. The van der Waals surface area contributed by atoms with Gasteiger partial charge in [-0.3, -0.25) is 9.78 Å². The van der Waals surface area contributed by atoms with E-state index in [4.69, 9.17) is 9.47 Å². The van der Waals surface area contributed by atoms with E-state index in [0.717, 1.165) is 22.3 Å². The second kappa shape index (κ2) is 7.00. The van der Waals surface area contributed by atoms with E-state index in [2.05, 4.69) is 9.97 Å². The Labute approximate surface area is 151 Å². The lowest BCUT2D eigenvalue weighted by molar-refractivity contribution is 0.0473. The monoisotopic (exact) mass is 352 g/mol. The normalized spacial score (nSPS) is 10.8. The number of methoxy groups -OCH3 is 1. The van der Waals surface area contributed by atoms with Gasteiger partial charge in [-0.05, 0) is 45.0 Å². The van der Waals surface area contributed by atoms with Gasteiger partial charge in [-0.15, -0.1) is 0 Å². The molecule has 0 radical (unpaired) electrons. The lowest BCUT2D eigenvalue weighted by Crippen LogP contribution is -2.15. The third-order valence-electron chi connectivity index (χ3n) is 4.22. The number of carbonyl (C=O) groups is 2. The van der Waals surface area contributed by atoms with Crippen molar-refractivity contribution in [1.29, 1.82) is 0 Å². The van der Waals surface area contributed by atoms with Gasteiger partial charge in [0.15, 0.2) is 6.61 Å². The number of hydrogen-bond acceptors (Lipinski definition) is 5. The van der Waals surface area contributed by atoms with Gasteiger partial charge < -0.3 is 14.5 Å². The number of benzene rings is 1. The van der Waals surface area contributed by atoms with Crippen LogP contribution in [0.5, 0.6) is 5.75 Å². The van der Waals surface area contributed by atoms with E-state index in [9.17, 15) is 9.59 Å². The number of ether oxygens (including phenoxy) is 2. The van der Waals surface area contributed by atoms with Crippen LogP contribution in [-0.2, 0) is 4.74 Å². The highest BCUT2D eigenvalue weighted by Gasteiger charge is 2.17. The van der Waals surface area contributed by atoms with Crippen molar-refractivity contribution in [3.63, 3.8) is 0 Å². The zero-order chi connectivity index (χ0) is 18.8. The number of aromatic nitrogens is 2. The number of ketones is 1. The maximum Gasteiger partial charge on any atom is 0.340 e. The quantitative estimate of drug-likeness (QED) is 0.561. The van der Waals surface area contributed by atoms with Gasteiger partial charge in [0.2, 0.25) is 5.78 Å². The topological polar surface area (TPSA) is 81.3 Å². The maximum absolute atomic E-state index is 12.4. The van der Waals surface area contributed by atoms with Crippen LogP contribution in [0.2, 0.25) is 0 Å². The molecule has 1 N–H and O–H groups in total. The first kappa shape index (κ1) is 17.7. The number of rotatable bonds is 5. The van der Waals surface area contributed by atoms with E-state index >= 15 is 0 Å². The summed E-state index contributed by atoms with van der Waals surface area (Å²) < 4.78 is 10.4. The van der Waals surface area contributed by atoms with Gasteiger partial charge in [0.1, 0.15) is 5.75 Å². The predicted molar refractivity (Wildman–Crippen MR) is 97.9 cm³/mol. The molecule has 2 aromatic heterocycles. The van der Waals surface area contributed by atoms with Crippen molar-refractivity contribution in [3.8, 4) is 5.75 Å². The number of esters is 1. The number of fused-ring (bicyclic) bond motifs is 1. The van der Waals surface area contributed by atoms with Gasteiger partial charge in [-0.1, -0.05) is 0 Å². The molecule has 134 valence electrons. The molecule has 3 aromatic rings. The standard InChI is InChI=1S/C20H20N2O4/c1-11-7-16(12(2)21-11)19(23)10-26-20(24)17-8-14-5-6-15(25-4)9-18(14)22-13(17)3/h5-9,21H,10H2,1-4H3. The van der Waals surface area contributed by atoms with Crippen molar-refractivity contribution in [2.45, 2.75) is 20.8 Å². The second-order valence-electron chi connectivity index (χ2n) is 6.17. The average Bonchev–Trinajstić information content (AvgIpc) is 2.96. The number of aryl methyl sites for hydroxylation is 3. The number of Topliss-reactive ketones (excluding diaryl/α,β-unsaturated/α-hetero) is 1. The van der Waals surface area contributed by atoms with E-state index in [1.54, 1.807) is 38.3 Å². The summed E-state index contributed by atoms with van der Waals surface area (Å²) in [7, 11) is 1.59. The molecule has 26 heavy (non-hydrogen) atoms. The fourth-order valence-electron chi connectivity index (χ4n) is 2.88. The van der Waals surface area contributed by atoms with Crippen molar-refractivity contribution in [2.24, 2.45) is 0 Å². The van der Waals surface area contributed by atoms with Crippen LogP contribution >= 0.6 is 0 Å². The van der Waals surface area contributed by atoms with E-state index in [-0.39, 0.29) is 12.4 Å². The number of nitrogens with one attached hydrogen (secondary N) is 1. The summed E-state index contributed by atoms with van der Waals surface area (Å²) in [6.07, 6.45) is 0. The van der Waals surface area contributed by atoms with Crippen LogP contribution in [-0.4, -0.2) is 35.4 Å². The molecule has 0 atom stereocenters.